The monoisotopic (exact) mass is 527 g/mol. The van der Waals surface area contributed by atoms with Crippen molar-refractivity contribution in [1.29, 1.82) is 0 Å². The van der Waals surface area contributed by atoms with E-state index in [1.165, 1.54) is 88.8 Å². The lowest BCUT2D eigenvalue weighted by Gasteiger charge is -2.32. The van der Waals surface area contributed by atoms with E-state index in [9.17, 15) is 0 Å². The first-order chi connectivity index (χ1) is 14.3. The van der Waals surface area contributed by atoms with Gasteiger partial charge in [-0.15, -0.1) is 24.0 Å². The molecule has 0 aromatic heterocycles. The first-order valence-electron chi connectivity index (χ1n) is 11.8. The van der Waals surface area contributed by atoms with Gasteiger partial charge in [0, 0.05) is 39.3 Å². The Morgan fingerprint density at radius 1 is 0.967 bits per heavy atom. The minimum absolute atomic E-state index is 0. The van der Waals surface area contributed by atoms with Crippen molar-refractivity contribution in [2.24, 2.45) is 4.99 Å². The smallest absolute Gasteiger partial charge is 0.191 e. The summed E-state index contributed by atoms with van der Waals surface area (Å²) in [7, 11) is 1.88. The predicted molar refractivity (Wildman–Crippen MR) is 139 cm³/mol. The molecule has 1 aromatic carbocycles. The molecule has 5 nitrogen and oxygen atoms in total. The van der Waals surface area contributed by atoms with Crippen LogP contribution in [0.2, 0.25) is 0 Å². The number of hydrogen-bond acceptors (Lipinski definition) is 3. The Bertz CT molecular complexity index is 620. The SMILES string of the molecule is CCCN1CCC(NC(=NC)NCc2ccccc2CN2CCCCCC2)CC1.I. The number of nitrogens with one attached hydrogen (secondary N) is 2. The Morgan fingerprint density at radius 2 is 1.63 bits per heavy atom. The fourth-order valence-electron chi connectivity index (χ4n) is 4.60. The summed E-state index contributed by atoms with van der Waals surface area (Å²) in [5.41, 5.74) is 2.84. The third-order valence-electron chi connectivity index (χ3n) is 6.35. The third kappa shape index (κ3) is 8.35. The molecule has 0 spiro atoms. The number of likely N-dealkylation sites (tertiary alicyclic amines) is 2. The van der Waals surface area contributed by atoms with Crippen molar-refractivity contribution in [2.75, 3.05) is 39.8 Å². The van der Waals surface area contributed by atoms with Crippen LogP contribution in [0.5, 0.6) is 0 Å². The number of nitrogens with zero attached hydrogens (tertiary/aromatic N) is 3. The van der Waals surface area contributed by atoms with Crippen LogP contribution in [0.3, 0.4) is 0 Å². The third-order valence-corrected chi connectivity index (χ3v) is 6.35. The van der Waals surface area contributed by atoms with E-state index in [0.29, 0.717) is 6.04 Å². The standard InChI is InChI=1S/C24H41N5.HI/c1-3-14-28-17-12-23(13-18-28)27-24(25-2)26-19-21-10-6-7-11-22(21)20-29-15-8-4-5-9-16-29;/h6-7,10-11,23H,3-5,8-9,12-20H2,1-2H3,(H2,25,26,27);1H. The number of benzene rings is 1. The van der Waals surface area contributed by atoms with E-state index in [-0.39, 0.29) is 24.0 Å². The molecule has 2 N–H and O–H groups in total. The molecule has 0 saturated carbocycles. The van der Waals surface area contributed by atoms with Gasteiger partial charge in [0.2, 0.25) is 0 Å². The van der Waals surface area contributed by atoms with Gasteiger partial charge in [0.25, 0.3) is 0 Å². The van der Waals surface area contributed by atoms with Gasteiger partial charge in [-0.25, -0.2) is 0 Å². The summed E-state index contributed by atoms with van der Waals surface area (Å²) < 4.78 is 0. The summed E-state index contributed by atoms with van der Waals surface area (Å²) in [5.74, 6) is 0.934. The highest BCUT2D eigenvalue weighted by molar-refractivity contribution is 14.0. The molecular weight excluding hydrogens is 485 g/mol. The molecule has 0 aliphatic carbocycles. The Labute approximate surface area is 201 Å². The number of halogens is 1. The van der Waals surface area contributed by atoms with Gasteiger partial charge in [0.1, 0.15) is 0 Å². The molecule has 170 valence electrons. The molecule has 2 aliphatic heterocycles. The molecule has 0 unspecified atom stereocenters. The normalized spacial score (nSPS) is 19.7. The topological polar surface area (TPSA) is 42.9 Å². The van der Waals surface area contributed by atoms with Crippen LogP contribution in [0, 0.1) is 0 Å². The predicted octanol–water partition coefficient (Wildman–Crippen LogP) is 4.22. The average molecular weight is 528 g/mol. The van der Waals surface area contributed by atoms with Gasteiger partial charge in [-0.05, 0) is 62.9 Å². The molecule has 0 bridgehead atoms. The minimum Gasteiger partial charge on any atom is -0.354 e. The molecule has 2 saturated heterocycles. The summed E-state index contributed by atoms with van der Waals surface area (Å²) in [5, 5.41) is 7.22. The zero-order valence-corrected chi connectivity index (χ0v) is 21.4. The van der Waals surface area contributed by atoms with E-state index < -0.39 is 0 Å². The molecule has 0 radical (unpaired) electrons. The van der Waals surface area contributed by atoms with Crippen LogP contribution in [0.15, 0.2) is 29.3 Å². The number of hydrogen-bond donors (Lipinski definition) is 2. The number of piperidine rings is 1. The molecule has 1 aromatic rings. The summed E-state index contributed by atoms with van der Waals surface area (Å²) in [6.07, 6.45) is 9.11. The molecule has 2 aliphatic rings. The lowest BCUT2D eigenvalue weighted by Crippen LogP contribution is -2.48. The van der Waals surface area contributed by atoms with Crippen molar-refractivity contribution >= 4 is 29.9 Å². The van der Waals surface area contributed by atoms with Gasteiger partial charge in [-0.2, -0.15) is 0 Å². The van der Waals surface area contributed by atoms with E-state index in [1.54, 1.807) is 0 Å². The van der Waals surface area contributed by atoms with Crippen molar-refractivity contribution in [3.05, 3.63) is 35.4 Å². The van der Waals surface area contributed by atoms with Crippen LogP contribution >= 0.6 is 24.0 Å². The second-order valence-corrected chi connectivity index (χ2v) is 8.65. The number of aliphatic imine (C=N–C) groups is 1. The van der Waals surface area contributed by atoms with Gasteiger partial charge in [0.05, 0.1) is 0 Å². The molecule has 2 heterocycles. The molecule has 2 fully saturated rings. The second kappa shape index (κ2) is 14.2. The Morgan fingerprint density at radius 3 is 2.27 bits per heavy atom. The van der Waals surface area contributed by atoms with Crippen LogP contribution in [0.1, 0.15) is 63.0 Å². The van der Waals surface area contributed by atoms with Crippen LogP contribution in [0.25, 0.3) is 0 Å². The van der Waals surface area contributed by atoms with Crippen molar-refractivity contribution in [1.82, 2.24) is 20.4 Å². The maximum absolute atomic E-state index is 4.48. The summed E-state index contributed by atoms with van der Waals surface area (Å²) >= 11 is 0. The van der Waals surface area contributed by atoms with Crippen LogP contribution in [0.4, 0.5) is 0 Å². The first kappa shape index (κ1) is 25.4. The van der Waals surface area contributed by atoms with Crippen molar-refractivity contribution in [3.63, 3.8) is 0 Å². The highest BCUT2D eigenvalue weighted by Gasteiger charge is 2.19. The Balaban J connectivity index is 0.00000320. The highest BCUT2D eigenvalue weighted by atomic mass is 127. The molecule has 30 heavy (non-hydrogen) atoms. The quantitative estimate of drug-likeness (QED) is 0.317. The van der Waals surface area contributed by atoms with Gasteiger partial charge in [-0.3, -0.25) is 9.89 Å². The summed E-state index contributed by atoms with van der Waals surface area (Å²) in [6, 6.07) is 9.41. The molecule has 6 heteroatoms. The second-order valence-electron chi connectivity index (χ2n) is 8.65. The van der Waals surface area contributed by atoms with Crippen molar-refractivity contribution in [2.45, 2.75) is 71.0 Å². The van der Waals surface area contributed by atoms with E-state index in [1.807, 2.05) is 7.05 Å². The van der Waals surface area contributed by atoms with E-state index in [2.05, 4.69) is 56.6 Å². The van der Waals surface area contributed by atoms with Crippen LogP contribution < -0.4 is 10.6 Å². The summed E-state index contributed by atoms with van der Waals surface area (Å²) in [4.78, 5) is 9.69. The zero-order valence-electron chi connectivity index (χ0n) is 19.0. The largest absolute Gasteiger partial charge is 0.354 e. The van der Waals surface area contributed by atoms with Gasteiger partial charge in [-0.1, -0.05) is 44.0 Å². The molecule has 0 amide bonds. The first-order valence-corrected chi connectivity index (χ1v) is 11.8. The fourth-order valence-corrected chi connectivity index (χ4v) is 4.60. The highest BCUT2D eigenvalue weighted by Crippen LogP contribution is 2.16. The van der Waals surface area contributed by atoms with Crippen LogP contribution in [-0.2, 0) is 13.1 Å². The minimum atomic E-state index is 0. The zero-order chi connectivity index (χ0) is 20.3. The maximum atomic E-state index is 4.48. The lowest BCUT2D eigenvalue weighted by molar-refractivity contribution is 0.206. The van der Waals surface area contributed by atoms with Crippen molar-refractivity contribution in [3.8, 4) is 0 Å². The van der Waals surface area contributed by atoms with E-state index >= 15 is 0 Å². The molecular formula is C24H42IN5. The Hall–Kier alpha value is -0.860. The Kier molecular flexibility index (Phi) is 12.1. The average Bonchev–Trinajstić information content (AvgIpc) is 3.02. The van der Waals surface area contributed by atoms with Gasteiger partial charge in [0.15, 0.2) is 5.96 Å². The van der Waals surface area contributed by atoms with Gasteiger partial charge < -0.3 is 15.5 Å². The number of guanidine groups is 1. The fraction of sp³-hybridized carbons (Fsp3) is 0.708. The number of rotatable bonds is 7. The maximum Gasteiger partial charge on any atom is 0.191 e. The lowest BCUT2D eigenvalue weighted by atomic mass is 10.0. The molecule has 3 rings (SSSR count). The summed E-state index contributed by atoms with van der Waals surface area (Å²) in [6.45, 7) is 10.3. The van der Waals surface area contributed by atoms with E-state index in [0.717, 1.165) is 19.0 Å². The van der Waals surface area contributed by atoms with Gasteiger partial charge >= 0.3 is 0 Å². The molecule has 0 atom stereocenters. The van der Waals surface area contributed by atoms with E-state index in [4.69, 9.17) is 0 Å². The van der Waals surface area contributed by atoms with Crippen LogP contribution in [-0.4, -0.2) is 61.6 Å². The van der Waals surface area contributed by atoms with Crippen molar-refractivity contribution < 1.29 is 0 Å².